The minimum Gasteiger partial charge on any atom is -0.374 e. The zero-order valence-electron chi connectivity index (χ0n) is 10.4. The van der Waals surface area contributed by atoms with Crippen LogP contribution in [-0.4, -0.2) is 55.2 Å². The molecule has 2 atom stereocenters. The zero-order valence-corrected chi connectivity index (χ0v) is 10.4. The van der Waals surface area contributed by atoms with Gasteiger partial charge >= 0.3 is 0 Å². The highest BCUT2D eigenvalue weighted by atomic mass is 16.5. The van der Waals surface area contributed by atoms with E-state index in [1.165, 1.54) is 5.56 Å². The van der Waals surface area contributed by atoms with Crippen LogP contribution in [0.2, 0.25) is 0 Å². The highest BCUT2D eigenvalue weighted by Crippen LogP contribution is 2.23. The van der Waals surface area contributed by atoms with Gasteiger partial charge in [0, 0.05) is 26.2 Å². The Morgan fingerprint density at radius 3 is 2.88 bits per heavy atom. The largest absolute Gasteiger partial charge is 0.374 e. The average molecular weight is 232 g/mol. The van der Waals surface area contributed by atoms with E-state index in [9.17, 15) is 0 Å². The molecule has 0 N–H and O–H groups in total. The van der Waals surface area contributed by atoms with Gasteiger partial charge in [-0.3, -0.25) is 4.90 Å². The molecule has 0 aliphatic carbocycles. The first-order valence-corrected chi connectivity index (χ1v) is 6.41. The van der Waals surface area contributed by atoms with Crippen LogP contribution in [0, 0.1) is 0 Å². The number of nitrogens with zero attached hydrogens (tertiary/aromatic N) is 2. The molecule has 1 aromatic carbocycles. The summed E-state index contributed by atoms with van der Waals surface area (Å²) in [7, 11) is 2.18. The fourth-order valence-corrected chi connectivity index (χ4v) is 2.96. The predicted molar refractivity (Wildman–Crippen MR) is 67.9 cm³/mol. The molecule has 17 heavy (non-hydrogen) atoms. The number of likely N-dealkylation sites (tertiary alicyclic amines) is 1. The quantitative estimate of drug-likeness (QED) is 0.762. The molecule has 0 saturated carbocycles. The molecule has 1 unspecified atom stereocenters. The Hall–Kier alpha value is -0.900. The first kappa shape index (κ1) is 11.2. The molecule has 2 heterocycles. The number of hydrogen-bond donors (Lipinski definition) is 0. The van der Waals surface area contributed by atoms with Gasteiger partial charge in [-0.1, -0.05) is 30.3 Å². The summed E-state index contributed by atoms with van der Waals surface area (Å²) >= 11 is 0. The molecule has 3 heteroatoms. The molecule has 2 aliphatic heterocycles. The van der Waals surface area contributed by atoms with Crippen LogP contribution in [0.1, 0.15) is 5.56 Å². The molecule has 0 aromatic heterocycles. The maximum absolute atomic E-state index is 5.86. The van der Waals surface area contributed by atoms with Crippen molar-refractivity contribution in [1.82, 2.24) is 9.80 Å². The number of fused-ring (bicyclic) bond motifs is 1. The molecule has 92 valence electrons. The Bertz CT molecular complexity index is 368. The molecule has 2 saturated heterocycles. The number of morpholine rings is 1. The summed E-state index contributed by atoms with van der Waals surface area (Å²) < 4.78 is 5.86. The summed E-state index contributed by atoms with van der Waals surface area (Å²) in [4.78, 5) is 4.95. The van der Waals surface area contributed by atoms with Gasteiger partial charge in [0.05, 0.1) is 18.8 Å². The van der Waals surface area contributed by atoms with Gasteiger partial charge in [-0.25, -0.2) is 0 Å². The first-order valence-electron chi connectivity index (χ1n) is 6.41. The Morgan fingerprint density at radius 1 is 1.24 bits per heavy atom. The van der Waals surface area contributed by atoms with Gasteiger partial charge in [0.25, 0.3) is 0 Å². The topological polar surface area (TPSA) is 15.7 Å². The lowest BCUT2D eigenvalue weighted by Crippen LogP contribution is -2.50. The van der Waals surface area contributed by atoms with Crippen LogP contribution >= 0.6 is 0 Å². The van der Waals surface area contributed by atoms with Crippen LogP contribution in [0.3, 0.4) is 0 Å². The lowest BCUT2D eigenvalue weighted by Gasteiger charge is -2.36. The molecular formula is C14H20N2O. The van der Waals surface area contributed by atoms with E-state index >= 15 is 0 Å². The number of hydrogen-bond acceptors (Lipinski definition) is 3. The van der Waals surface area contributed by atoms with Crippen LogP contribution in [0.25, 0.3) is 0 Å². The normalized spacial score (nSPS) is 30.4. The van der Waals surface area contributed by atoms with Gasteiger partial charge in [-0.05, 0) is 12.6 Å². The van der Waals surface area contributed by atoms with E-state index in [0.29, 0.717) is 12.1 Å². The Morgan fingerprint density at radius 2 is 2.06 bits per heavy atom. The molecule has 1 aromatic rings. The van der Waals surface area contributed by atoms with E-state index in [-0.39, 0.29) is 0 Å². The minimum atomic E-state index is 0.414. The molecule has 2 fully saturated rings. The number of ether oxygens (including phenoxy) is 1. The van der Waals surface area contributed by atoms with Gasteiger partial charge < -0.3 is 9.64 Å². The fourth-order valence-electron chi connectivity index (χ4n) is 2.96. The van der Waals surface area contributed by atoms with Crippen LogP contribution in [0.5, 0.6) is 0 Å². The van der Waals surface area contributed by atoms with Crippen molar-refractivity contribution in [3.05, 3.63) is 35.9 Å². The van der Waals surface area contributed by atoms with Crippen LogP contribution in [0.15, 0.2) is 30.3 Å². The van der Waals surface area contributed by atoms with Crippen LogP contribution in [0.4, 0.5) is 0 Å². The summed E-state index contributed by atoms with van der Waals surface area (Å²) in [5.41, 5.74) is 1.41. The van der Waals surface area contributed by atoms with Crippen molar-refractivity contribution in [2.45, 2.75) is 18.7 Å². The van der Waals surface area contributed by atoms with Crippen molar-refractivity contribution in [1.29, 1.82) is 0 Å². The van der Waals surface area contributed by atoms with Gasteiger partial charge in [-0.2, -0.15) is 0 Å². The molecule has 0 radical (unpaired) electrons. The van der Waals surface area contributed by atoms with E-state index in [0.717, 1.165) is 32.8 Å². The van der Waals surface area contributed by atoms with E-state index in [1.807, 2.05) is 0 Å². The van der Waals surface area contributed by atoms with E-state index < -0.39 is 0 Å². The zero-order chi connectivity index (χ0) is 11.7. The molecule has 0 amide bonds. The Kier molecular flexibility index (Phi) is 3.14. The molecular weight excluding hydrogens is 212 g/mol. The molecule has 0 bridgehead atoms. The summed E-state index contributed by atoms with van der Waals surface area (Å²) in [6.07, 6.45) is 0.414. The highest BCUT2D eigenvalue weighted by molar-refractivity contribution is 5.15. The minimum absolute atomic E-state index is 0.414. The van der Waals surface area contributed by atoms with Crippen molar-refractivity contribution in [2.24, 2.45) is 0 Å². The van der Waals surface area contributed by atoms with Gasteiger partial charge in [0.2, 0.25) is 0 Å². The van der Waals surface area contributed by atoms with Crippen molar-refractivity contribution < 1.29 is 4.74 Å². The first-order chi connectivity index (χ1) is 8.33. The highest BCUT2D eigenvalue weighted by Gasteiger charge is 2.38. The second-order valence-electron chi connectivity index (χ2n) is 5.15. The van der Waals surface area contributed by atoms with E-state index in [2.05, 4.69) is 47.2 Å². The van der Waals surface area contributed by atoms with Crippen molar-refractivity contribution in [3.63, 3.8) is 0 Å². The van der Waals surface area contributed by atoms with Gasteiger partial charge in [0.15, 0.2) is 0 Å². The van der Waals surface area contributed by atoms with Crippen molar-refractivity contribution in [2.75, 3.05) is 33.3 Å². The van der Waals surface area contributed by atoms with Gasteiger partial charge in [0.1, 0.15) is 0 Å². The standard InChI is InChI=1S/C14H20N2O/c1-15-10-13-14(11-15)17-8-7-16(13)9-12-5-3-2-4-6-12/h2-6,13-14H,7-11H2,1H3/t13?,14-/m1/s1. The van der Waals surface area contributed by atoms with Crippen molar-refractivity contribution >= 4 is 0 Å². The Balaban J connectivity index is 1.70. The predicted octanol–water partition coefficient (Wildman–Crippen LogP) is 1.20. The molecule has 2 aliphatic rings. The van der Waals surface area contributed by atoms with Crippen LogP contribution < -0.4 is 0 Å². The molecule has 0 spiro atoms. The molecule has 3 rings (SSSR count). The Labute approximate surface area is 103 Å². The summed E-state index contributed by atoms with van der Waals surface area (Å²) in [6.45, 7) is 5.21. The maximum atomic E-state index is 5.86. The number of likely N-dealkylation sites (N-methyl/N-ethyl adjacent to an activating group) is 1. The lowest BCUT2D eigenvalue weighted by molar-refractivity contribution is -0.0503. The second kappa shape index (κ2) is 4.77. The third kappa shape index (κ3) is 2.37. The third-order valence-electron chi connectivity index (χ3n) is 3.83. The molecule has 3 nitrogen and oxygen atoms in total. The number of benzene rings is 1. The lowest BCUT2D eigenvalue weighted by atomic mass is 10.1. The van der Waals surface area contributed by atoms with E-state index in [4.69, 9.17) is 4.74 Å². The SMILES string of the molecule is CN1CC2[C@@H](C1)OCCN2Cc1ccccc1. The average Bonchev–Trinajstić information content (AvgIpc) is 2.72. The van der Waals surface area contributed by atoms with Crippen molar-refractivity contribution in [3.8, 4) is 0 Å². The number of rotatable bonds is 2. The van der Waals surface area contributed by atoms with Gasteiger partial charge in [-0.15, -0.1) is 0 Å². The van der Waals surface area contributed by atoms with Crippen LogP contribution in [-0.2, 0) is 11.3 Å². The maximum Gasteiger partial charge on any atom is 0.0869 e. The fraction of sp³-hybridized carbons (Fsp3) is 0.571. The van der Waals surface area contributed by atoms with E-state index in [1.54, 1.807) is 0 Å². The summed E-state index contributed by atoms with van der Waals surface area (Å²) in [6, 6.07) is 11.3. The monoisotopic (exact) mass is 232 g/mol. The summed E-state index contributed by atoms with van der Waals surface area (Å²) in [5, 5.41) is 0. The summed E-state index contributed by atoms with van der Waals surface area (Å²) in [5.74, 6) is 0. The smallest absolute Gasteiger partial charge is 0.0869 e. The third-order valence-corrected chi connectivity index (χ3v) is 3.83. The second-order valence-corrected chi connectivity index (χ2v) is 5.15.